The van der Waals surface area contributed by atoms with Gasteiger partial charge in [-0.3, -0.25) is 9.59 Å². The van der Waals surface area contributed by atoms with Crippen molar-refractivity contribution in [2.75, 3.05) is 26.3 Å². The molecule has 2 aliphatic heterocycles. The van der Waals surface area contributed by atoms with Crippen LogP contribution in [0.25, 0.3) is 0 Å². The smallest absolute Gasteiger partial charge is 0.245 e. The third-order valence-electron chi connectivity index (χ3n) is 3.81. The lowest BCUT2D eigenvalue weighted by atomic mass is 9.97. The van der Waals surface area contributed by atoms with Gasteiger partial charge in [0, 0.05) is 26.1 Å². The van der Waals surface area contributed by atoms with Crippen molar-refractivity contribution in [3.63, 3.8) is 0 Å². The summed E-state index contributed by atoms with van der Waals surface area (Å²) in [6.45, 7) is 6.49. The minimum Gasteiger partial charge on any atom is -0.377 e. The van der Waals surface area contributed by atoms with Crippen molar-refractivity contribution in [1.29, 1.82) is 0 Å². The molecule has 2 rings (SSSR count). The molecule has 0 saturated carbocycles. The van der Waals surface area contributed by atoms with Gasteiger partial charge >= 0.3 is 0 Å². The third-order valence-corrected chi connectivity index (χ3v) is 3.81. The van der Waals surface area contributed by atoms with Gasteiger partial charge in [0.25, 0.3) is 0 Å². The van der Waals surface area contributed by atoms with Crippen LogP contribution in [0.5, 0.6) is 0 Å². The topological polar surface area (TPSA) is 58.6 Å². The van der Waals surface area contributed by atoms with E-state index in [1.807, 2.05) is 4.90 Å². The van der Waals surface area contributed by atoms with Crippen LogP contribution in [-0.2, 0) is 14.3 Å². The highest BCUT2D eigenvalue weighted by molar-refractivity contribution is 5.90. The van der Waals surface area contributed by atoms with Gasteiger partial charge in [0.05, 0.1) is 6.61 Å². The molecule has 0 aromatic heterocycles. The second-order valence-electron chi connectivity index (χ2n) is 5.25. The summed E-state index contributed by atoms with van der Waals surface area (Å²) in [7, 11) is 0. The Hall–Kier alpha value is -1.36. The zero-order valence-corrected chi connectivity index (χ0v) is 11.3. The van der Waals surface area contributed by atoms with E-state index in [2.05, 4.69) is 11.9 Å². The van der Waals surface area contributed by atoms with Crippen LogP contribution in [-0.4, -0.2) is 49.1 Å². The molecule has 0 aliphatic carbocycles. The molecule has 2 fully saturated rings. The largest absolute Gasteiger partial charge is 0.377 e. The molecule has 2 heterocycles. The Bertz CT molecular complexity index is 349. The van der Waals surface area contributed by atoms with Crippen molar-refractivity contribution in [1.82, 2.24) is 10.2 Å². The maximum absolute atomic E-state index is 12.2. The quantitative estimate of drug-likeness (QED) is 0.589. The third kappa shape index (κ3) is 3.80. The van der Waals surface area contributed by atoms with Crippen molar-refractivity contribution in [2.24, 2.45) is 5.92 Å². The van der Waals surface area contributed by atoms with Crippen molar-refractivity contribution in [2.45, 2.75) is 31.7 Å². The zero-order valence-electron chi connectivity index (χ0n) is 11.3. The highest BCUT2D eigenvalue weighted by Gasteiger charge is 2.32. The van der Waals surface area contributed by atoms with E-state index in [0.29, 0.717) is 25.4 Å². The van der Waals surface area contributed by atoms with Gasteiger partial charge in [0.1, 0.15) is 6.04 Å². The average Bonchev–Trinajstić information content (AvgIpc) is 2.86. The number of carbonyl (C=O) groups is 2. The number of rotatable bonds is 5. The average molecular weight is 266 g/mol. The molecule has 2 aliphatic rings. The first-order valence-corrected chi connectivity index (χ1v) is 6.97. The molecule has 1 N–H and O–H groups in total. The fraction of sp³-hybridized carbons (Fsp3) is 0.714. The number of hydrogen-bond donors (Lipinski definition) is 1. The molecule has 1 atom stereocenters. The van der Waals surface area contributed by atoms with E-state index in [1.54, 1.807) is 6.08 Å². The Kier molecular flexibility index (Phi) is 4.96. The van der Waals surface area contributed by atoms with Gasteiger partial charge in [-0.2, -0.15) is 0 Å². The highest BCUT2D eigenvalue weighted by atomic mass is 16.5. The Balaban J connectivity index is 1.72. The molecule has 5 heteroatoms. The Morgan fingerprint density at radius 1 is 1.42 bits per heavy atom. The lowest BCUT2D eigenvalue weighted by Gasteiger charge is -2.33. The van der Waals surface area contributed by atoms with Gasteiger partial charge in [-0.15, -0.1) is 6.58 Å². The van der Waals surface area contributed by atoms with Gasteiger partial charge < -0.3 is 15.0 Å². The van der Waals surface area contributed by atoms with Crippen LogP contribution in [0.4, 0.5) is 0 Å². The van der Waals surface area contributed by atoms with E-state index in [1.165, 1.54) is 0 Å². The van der Waals surface area contributed by atoms with Crippen LogP contribution < -0.4 is 5.32 Å². The second-order valence-corrected chi connectivity index (χ2v) is 5.25. The summed E-state index contributed by atoms with van der Waals surface area (Å²) in [5.74, 6) is 0.601. The van der Waals surface area contributed by atoms with Crippen molar-refractivity contribution >= 4 is 11.8 Å². The molecule has 0 aromatic rings. The van der Waals surface area contributed by atoms with E-state index >= 15 is 0 Å². The summed E-state index contributed by atoms with van der Waals surface area (Å²) in [6.07, 6.45) is 4.82. The first-order valence-electron chi connectivity index (χ1n) is 6.97. The number of carbonyl (C=O) groups excluding carboxylic acids is 2. The monoisotopic (exact) mass is 266 g/mol. The van der Waals surface area contributed by atoms with Crippen LogP contribution in [0.15, 0.2) is 12.7 Å². The SMILES string of the molecule is C=CCOCC1CCN(C(=O)C2CCC(=O)N2)CC1. The van der Waals surface area contributed by atoms with Crippen LogP contribution in [0.3, 0.4) is 0 Å². The predicted octanol–water partition coefficient (Wildman–Crippen LogP) is 0.706. The maximum atomic E-state index is 12.2. The van der Waals surface area contributed by atoms with Crippen molar-refractivity contribution in [3.05, 3.63) is 12.7 Å². The van der Waals surface area contributed by atoms with Crippen LogP contribution in [0.1, 0.15) is 25.7 Å². The summed E-state index contributed by atoms with van der Waals surface area (Å²) < 4.78 is 5.45. The molecule has 106 valence electrons. The summed E-state index contributed by atoms with van der Waals surface area (Å²) in [5.41, 5.74) is 0. The summed E-state index contributed by atoms with van der Waals surface area (Å²) in [5, 5.41) is 2.74. The molecule has 5 nitrogen and oxygen atoms in total. The van der Waals surface area contributed by atoms with Gasteiger partial charge in [-0.1, -0.05) is 6.08 Å². The number of piperidine rings is 1. The second kappa shape index (κ2) is 6.70. The van der Waals surface area contributed by atoms with Crippen molar-refractivity contribution < 1.29 is 14.3 Å². The van der Waals surface area contributed by atoms with E-state index in [-0.39, 0.29) is 17.9 Å². The van der Waals surface area contributed by atoms with Gasteiger partial charge in [-0.05, 0) is 25.2 Å². The molecule has 2 saturated heterocycles. The first-order chi connectivity index (χ1) is 9.20. The molecule has 0 spiro atoms. The molecule has 19 heavy (non-hydrogen) atoms. The van der Waals surface area contributed by atoms with E-state index in [4.69, 9.17) is 4.74 Å². The zero-order chi connectivity index (χ0) is 13.7. The number of amides is 2. The fourth-order valence-corrected chi connectivity index (χ4v) is 2.66. The molecule has 0 aromatic carbocycles. The van der Waals surface area contributed by atoms with E-state index in [0.717, 1.165) is 32.5 Å². The van der Waals surface area contributed by atoms with Gasteiger partial charge in [0.2, 0.25) is 11.8 Å². The van der Waals surface area contributed by atoms with Gasteiger partial charge in [-0.25, -0.2) is 0 Å². The number of nitrogens with one attached hydrogen (secondary N) is 1. The Morgan fingerprint density at radius 2 is 2.16 bits per heavy atom. The molecule has 2 amide bonds. The lowest BCUT2D eigenvalue weighted by molar-refractivity contribution is -0.135. The highest BCUT2D eigenvalue weighted by Crippen LogP contribution is 2.19. The normalized spacial score (nSPS) is 24.3. The fourth-order valence-electron chi connectivity index (χ4n) is 2.66. The number of hydrogen-bond acceptors (Lipinski definition) is 3. The maximum Gasteiger partial charge on any atom is 0.245 e. The molecular weight excluding hydrogens is 244 g/mol. The molecule has 1 unspecified atom stereocenters. The minimum atomic E-state index is -0.291. The number of nitrogens with zero attached hydrogens (tertiary/aromatic N) is 1. The van der Waals surface area contributed by atoms with Gasteiger partial charge in [0.15, 0.2) is 0 Å². The van der Waals surface area contributed by atoms with Crippen LogP contribution in [0, 0.1) is 5.92 Å². The standard InChI is InChI=1S/C14H22N2O3/c1-2-9-19-10-11-5-7-16(8-6-11)14(18)12-3-4-13(17)15-12/h2,11-12H,1,3-10H2,(H,15,17). The van der Waals surface area contributed by atoms with Crippen LogP contribution >= 0.6 is 0 Å². The van der Waals surface area contributed by atoms with Crippen molar-refractivity contribution in [3.8, 4) is 0 Å². The van der Waals surface area contributed by atoms with Crippen LogP contribution in [0.2, 0.25) is 0 Å². The predicted molar refractivity (Wildman–Crippen MR) is 71.5 cm³/mol. The number of likely N-dealkylation sites (tertiary alicyclic amines) is 1. The summed E-state index contributed by atoms with van der Waals surface area (Å²) >= 11 is 0. The Morgan fingerprint density at radius 3 is 2.74 bits per heavy atom. The molecule has 0 radical (unpaired) electrons. The van der Waals surface area contributed by atoms with E-state index in [9.17, 15) is 9.59 Å². The molecule has 0 bridgehead atoms. The lowest BCUT2D eigenvalue weighted by Crippen LogP contribution is -2.47. The number of ether oxygens (including phenoxy) is 1. The van der Waals surface area contributed by atoms with E-state index < -0.39 is 0 Å². The Labute approximate surface area is 114 Å². The minimum absolute atomic E-state index is 0.00828. The summed E-state index contributed by atoms with van der Waals surface area (Å²) in [6, 6.07) is -0.291. The summed E-state index contributed by atoms with van der Waals surface area (Å²) in [4.78, 5) is 25.2. The molecular formula is C14H22N2O3. The first kappa shape index (κ1) is 14.1.